The second-order valence-corrected chi connectivity index (χ2v) is 3.53. The van der Waals surface area contributed by atoms with E-state index in [1.807, 2.05) is 0 Å². The Balaban J connectivity index is 4.07. The fraction of sp³-hybridized carbons (Fsp3) is 0.800. The molecule has 0 radical (unpaired) electrons. The van der Waals surface area contributed by atoms with Gasteiger partial charge in [0.25, 0.3) is 0 Å². The molecule has 0 saturated carbocycles. The Labute approximate surface area is 75.8 Å². The Kier molecular flexibility index (Phi) is 6.03. The molecule has 0 aromatic carbocycles. The van der Waals surface area contributed by atoms with E-state index in [9.17, 15) is 0 Å². The molecule has 0 bridgehead atoms. The van der Waals surface area contributed by atoms with Crippen LogP contribution in [0.1, 0.15) is 20.8 Å². The van der Waals surface area contributed by atoms with Gasteiger partial charge < -0.3 is 10.5 Å². The third-order valence-corrected chi connectivity index (χ3v) is 1.91. The van der Waals surface area contributed by atoms with Crippen LogP contribution in [-0.4, -0.2) is 20.3 Å². The highest BCUT2D eigenvalue weighted by atomic mass is 16.5. The third-order valence-electron chi connectivity index (χ3n) is 1.91. The predicted molar refractivity (Wildman–Crippen MR) is 53.0 cm³/mol. The van der Waals surface area contributed by atoms with Crippen molar-refractivity contribution in [1.29, 1.82) is 0 Å². The molecule has 0 aliphatic heterocycles. The normalized spacial score (nSPS) is 15.3. The molecule has 12 heavy (non-hydrogen) atoms. The lowest BCUT2D eigenvalue weighted by molar-refractivity contribution is 0.175. The van der Waals surface area contributed by atoms with Crippen molar-refractivity contribution in [2.75, 3.05) is 20.3 Å². The van der Waals surface area contributed by atoms with Gasteiger partial charge in [-0.15, -0.1) is 0 Å². The molecule has 0 spiro atoms. The minimum atomic E-state index is 0.468. The SMILES string of the molecule is COCC(C)/C=C(/CN)C(C)C. The Morgan fingerprint density at radius 3 is 2.33 bits per heavy atom. The van der Waals surface area contributed by atoms with Gasteiger partial charge >= 0.3 is 0 Å². The van der Waals surface area contributed by atoms with E-state index in [-0.39, 0.29) is 0 Å². The predicted octanol–water partition coefficient (Wildman–Crippen LogP) is 1.81. The van der Waals surface area contributed by atoms with Crippen LogP contribution < -0.4 is 5.73 Å². The van der Waals surface area contributed by atoms with E-state index in [2.05, 4.69) is 26.8 Å². The number of nitrogens with two attached hydrogens (primary N) is 1. The van der Waals surface area contributed by atoms with Gasteiger partial charge in [-0.3, -0.25) is 0 Å². The first-order chi connectivity index (χ1) is 5.61. The number of rotatable bonds is 5. The molecule has 0 amide bonds. The van der Waals surface area contributed by atoms with Gasteiger partial charge in [-0.05, 0) is 11.8 Å². The molecular weight excluding hydrogens is 150 g/mol. The van der Waals surface area contributed by atoms with E-state index in [0.717, 1.165) is 6.61 Å². The van der Waals surface area contributed by atoms with Crippen LogP contribution in [0.4, 0.5) is 0 Å². The van der Waals surface area contributed by atoms with Gasteiger partial charge in [0.1, 0.15) is 0 Å². The van der Waals surface area contributed by atoms with Crippen molar-refractivity contribution < 1.29 is 4.74 Å². The van der Waals surface area contributed by atoms with Crippen LogP contribution in [0.2, 0.25) is 0 Å². The van der Waals surface area contributed by atoms with Gasteiger partial charge in [0.15, 0.2) is 0 Å². The Morgan fingerprint density at radius 1 is 1.42 bits per heavy atom. The largest absolute Gasteiger partial charge is 0.384 e. The minimum absolute atomic E-state index is 0.468. The summed E-state index contributed by atoms with van der Waals surface area (Å²) >= 11 is 0. The molecule has 0 aromatic heterocycles. The monoisotopic (exact) mass is 171 g/mol. The van der Waals surface area contributed by atoms with Gasteiger partial charge in [0.05, 0.1) is 6.61 Å². The topological polar surface area (TPSA) is 35.2 Å². The molecule has 2 N–H and O–H groups in total. The van der Waals surface area contributed by atoms with E-state index in [1.54, 1.807) is 7.11 Å². The Bertz CT molecular complexity index is 141. The smallest absolute Gasteiger partial charge is 0.0522 e. The Hall–Kier alpha value is -0.340. The van der Waals surface area contributed by atoms with E-state index in [1.165, 1.54) is 5.57 Å². The zero-order chi connectivity index (χ0) is 9.56. The molecule has 2 nitrogen and oxygen atoms in total. The van der Waals surface area contributed by atoms with Crippen molar-refractivity contribution in [3.63, 3.8) is 0 Å². The van der Waals surface area contributed by atoms with Crippen molar-refractivity contribution in [3.05, 3.63) is 11.6 Å². The first kappa shape index (κ1) is 11.7. The average Bonchev–Trinajstić information content (AvgIpc) is 2.00. The van der Waals surface area contributed by atoms with Crippen LogP contribution in [0.5, 0.6) is 0 Å². The zero-order valence-corrected chi connectivity index (χ0v) is 8.63. The van der Waals surface area contributed by atoms with Crippen molar-refractivity contribution in [1.82, 2.24) is 0 Å². The fourth-order valence-corrected chi connectivity index (χ4v) is 1.17. The molecule has 0 aliphatic carbocycles. The lowest BCUT2D eigenvalue weighted by Gasteiger charge is -2.12. The maximum absolute atomic E-state index is 5.61. The molecule has 0 aromatic rings. The summed E-state index contributed by atoms with van der Waals surface area (Å²) in [4.78, 5) is 0. The second-order valence-electron chi connectivity index (χ2n) is 3.53. The molecule has 1 atom stereocenters. The number of hydrogen-bond donors (Lipinski definition) is 1. The van der Waals surface area contributed by atoms with E-state index < -0.39 is 0 Å². The van der Waals surface area contributed by atoms with Crippen molar-refractivity contribution >= 4 is 0 Å². The fourth-order valence-electron chi connectivity index (χ4n) is 1.17. The molecule has 0 fully saturated rings. The quantitative estimate of drug-likeness (QED) is 0.640. The van der Waals surface area contributed by atoms with Crippen molar-refractivity contribution in [2.45, 2.75) is 20.8 Å². The highest BCUT2D eigenvalue weighted by Gasteiger charge is 2.03. The number of hydrogen-bond acceptors (Lipinski definition) is 2. The lowest BCUT2D eigenvalue weighted by Crippen LogP contribution is -2.11. The maximum Gasteiger partial charge on any atom is 0.0522 e. The van der Waals surface area contributed by atoms with Crippen LogP contribution in [0.15, 0.2) is 11.6 Å². The van der Waals surface area contributed by atoms with Crippen LogP contribution in [-0.2, 0) is 4.74 Å². The average molecular weight is 171 g/mol. The molecule has 1 unspecified atom stereocenters. The summed E-state index contributed by atoms with van der Waals surface area (Å²) in [6.07, 6.45) is 2.22. The van der Waals surface area contributed by atoms with Gasteiger partial charge in [-0.1, -0.05) is 32.4 Å². The second kappa shape index (κ2) is 6.21. The number of ether oxygens (including phenoxy) is 1. The molecule has 0 heterocycles. The lowest BCUT2D eigenvalue weighted by atomic mass is 9.99. The summed E-state index contributed by atoms with van der Waals surface area (Å²) in [7, 11) is 1.72. The van der Waals surface area contributed by atoms with Gasteiger partial charge in [-0.25, -0.2) is 0 Å². The third kappa shape index (κ3) is 4.52. The summed E-state index contributed by atoms with van der Waals surface area (Å²) in [5.41, 5.74) is 6.93. The highest BCUT2D eigenvalue weighted by Crippen LogP contribution is 2.11. The van der Waals surface area contributed by atoms with Crippen LogP contribution in [0.25, 0.3) is 0 Å². The summed E-state index contributed by atoms with van der Waals surface area (Å²) < 4.78 is 5.04. The first-order valence-electron chi connectivity index (χ1n) is 4.51. The first-order valence-corrected chi connectivity index (χ1v) is 4.51. The van der Waals surface area contributed by atoms with E-state index in [0.29, 0.717) is 18.4 Å². The van der Waals surface area contributed by atoms with Crippen molar-refractivity contribution in [3.8, 4) is 0 Å². The summed E-state index contributed by atoms with van der Waals surface area (Å²) in [5.74, 6) is 1.02. The van der Waals surface area contributed by atoms with Gasteiger partial charge in [-0.2, -0.15) is 0 Å². The van der Waals surface area contributed by atoms with E-state index >= 15 is 0 Å². The zero-order valence-electron chi connectivity index (χ0n) is 8.63. The summed E-state index contributed by atoms with van der Waals surface area (Å²) in [6, 6.07) is 0. The van der Waals surface area contributed by atoms with E-state index in [4.69, 9.17) is 10.5 Å². The van der Waals surface area contributed by atoms with Crippen LogP contribution in [0, 0.1) is 11.8 Å². The number of methoxy groups -OCH3 is 1. The summed E-state index contributed by atoms with van der Waals surface area (Å²) in [5, 5.41) is 0. The van der Waals surface area contributed by atoms with Crippen LogP contribution in [0.3, 0.4) is 0 Å². The highest BCUT2D eigenvalue weighted by molar-refractivity contribution is 5.07. The minimum Gasteiger partial charge on any atom is -0.384 e. The van der Waals surface area contributed by atoms with Gasteiger partial charge in [0, 0.05) is 13.7 Å². The summed E-state index contributed by atoms with van der Waals surface area (Å²) in [6.45, 7) is 7.90. The molecule has 0 saturated heterocycles. The molecule has 72 valence electrons. The van der Waals surface area contributed by atoms with Crippen LogP contribution >= 0.6 is 0 Å². The van der Waals surface area contributed by atoms with Gasteiger partial charge in [0.2, 0.25) is 0 Å². The maximum atomic E-state index is 5.61. The molecule has 2 heteroatoms. The molecule has 0 rings (SSSR count). The van der Waals surface area contributed by atoms with Crippen molar-refractivity contribution in [2.24, 2.45) is 17.6 Å². The standard InChI is InChI=1S/C10H21NO/c1-8(2)10(6-11)5-9(3)7-12-4/h5,8-9H,6-7,11H2,1-4H3/b10-5-. The molecule has 0 aliphatic rings. The molecular formula is C10H21NO. The Morgan fingerprint density at radius 2 is 2.00 bits per heavy atom.